The summed E-state index contributed by atoms with van der Waals surface area (Å²) in [5.41, 5.74) is 2.93. The predicted molar refractivity (Wildman–Crippen MR) is 81.3 cm³/mol. The molecular weight excluding hydrogens is 266 g/mol. The van der Waals surface area contributed by atoms with Crippen LogP contribution in [0.25, 0.3) is 0 Å². The third kappa shape index (κ3) is 4.33. The highest BCUT2D eigenvalue weighted by Gasteiger charge is 2.06. The normalized spacial score (nSPS) is 10.3. The van der Waals surface area contributed by atoms with Crippen molar-refractivity contribution in [3.63, 3.8) is 0 Å². The summed E-state index contributed by atoms with van der Waals surface area (Å²) in [6, 6.07) is 15.4. The van der Waals surface area contributed by atoms with Crippen LogP contribution in [0.2, 0.25) is 0 Å². The van der Waals surface area contributed by atoms with Crippen LogP contribution in [-0.4, -0.2) is 18.2 Å². The van der Waals surface area contributed by atoms with Crippen molar-refractivity contribution in [3.8, 4) is 5.75 Å². The summed E-state index contributed by atoms with van der Waals surface area (Å²) >= 11 is 0. The molecule has 0 spiro atoms. The number of nitrogens with one attached hydrogen (secondary N) is 1. The van der Waals surface area contributed by atoms with E-state index < -0.39 is 5.97 Å². The average Bonchev–Trinajstić information content (AvgIpc) is 2.49. The smallest absolute Gasteiger partial charge is 0.307 e. The van der Waals surface area contributed by atoms with Crippen LogP contribution in [0.4, 0.5) is 0 Å². The molecule has 0 bridgehead atoms. The first-order valence-electron chi connectivity index (χ1n) is 6.82. The number of carboxylic acids is 1. The highest BCUT2D eigenvalue weighted by Crippen LogP contribution is 2.17. The average molecular weight is 285 g/mol. The number of hydrogen-bond acceptors (Lipinski definition) is 3. The molecule has 0 saturated heterocycles. The molecule has 2 N–H and O–H groups in total. The van der Waals surface area contributed by atoms with Crippen LogP contribution < -0.4 is 10.1 Å². The first kappa shape index (κ1) is 15.1. The van der Waals surface area contributed by atoms with E-state index in [9.17, 15) is 4.79 Å². The lowest BCUT2D eigenvalue weighted by Crippen LogP contribution is -2.15. The van der Waals surface area contributed by atoms with Gasteiger partial charge in [-0.15, -0.1) is 0 Å². The summed E-state index contributed by atoms with van der Waals surface area (Å²) < 4.78 is 5.31. The van der Waals surface area contributed by atoms with Gasteiger partial charge in [0.2, 0.25) is 0 Å². The maximum atomic E-state index is 10.9. The lowest BCUT2D eigenvalue weighted by molar-refractivity contribution is -0.136. The van der Waals surface area contributed by atoms with Gasteiger partial charge in [-0.2, -0.15) is 0 Å². The van der Waals surface area contributed by atoms with Crippen molar-refractivity contribution >= 4 is 5.97 Å². The number of rotatable bonds is 7. The van der Waals surface area contributed by atoms with E-state index in [2.05, 4.69) is 5.32 Å². The van der Waals surface area contributed by atoms with Gasteiger partial charge in [0.25, 0.3) is 0 Å². The van der Waals surface area contributed by atoms with E-state index in [4.69, 9.17) is 9.84 Å². The molecule has 0 atom stereocenters. The molecule has 21 heavy (non-hydrogen) atoms. The number of benzene rings is 2. The van der Waals surface area contributed by atoms with Crippen molar-refractivity contribution in [1.82, 2.24) is 5.32 Å². The Morgan fingerprint density at radius 1 is 1.00 bits per heavy atom. The molecule has 0 aliphatic rings. The van der Waals surface area contributed by atoms with Crippen LogP contribution in [0.3, 0.4) is 0 Å². The standard InChI is InChI=1S/C17H19NO3/c1-21-16-9-5-4-8-15(16)12-18-11-14-7-3-2-6-13(14)10-17(19)20/h2-9,18H,10-12H2,1H3,(H,19,20). The number of carbonyl (C=O) groups is 1. The lowest BCUT2D eigenvalue weighted by Gasteiger charge is -2.11. The number of methoxy groups -OCH3 is 1. The van der Waals surface area contributed by atoms with E-state index in [1.807, 2.05) is 48.5 Å². The van der Waals surface area contributed by atoms with E-state index in [0.717, 1.165) is 22.4 Å². The van der Waals surface area contributed by atoms with Gasteiger partial charge in [-0.05, 0) is 17.2 Å². The Labute approximate surface area is 124 Å². The molecule has 2 aromatic carbocycles. The molecule has 110 valence electrons. The zero-order valence-corrected chi connectivity index (χ0v) is 12.0. The zero-order valence-electron chi connectivity index (χ0n) is 12.0. The first-order valence-corrected chi connectivity index (χ1v) is 6.82. The monoisotopic (exact) mass is 285 g/mol. The zero-order chi connectivity index (χ0) is 15.1. The van der Waals surface area contributed by atoms with Crippen LogP contribution >= 0.6 is 0 Å². The summed E-state index contributed by atoms with van der Waals surface area (Å²) in [6.07, 6.45) is 0.0481. The fourth-order valence-electron chi connectivity index (χ4n) is 2.25. The van der Waals surface area contributed by atoms with E-state index in [1.54, 1.807) is 7.11 Å². The second-order valence-electron chi connectivity index (χ2n) is 4.75. The van der Waals surface area contributed by atoms with Crippen molar-refractivity contribution in [1.29, 1.82) is 0 Å². The Morgan fingerprint density at radius 2 is 1.57 bits per heavy atom. The minimum atomic E-state index is -0.813. The van der Waals surface area contributed by atoms with Crippen LogP contribution in [0.1, 0.15) is 16.7 Å². The second-order valence-corrected chi connectivity index (χ2v) is 4.75. The number of ether oxygens (including phenoxy) is 1. The Kier molecular flexibility index (Phi) is 5.35. The summed E-state index contributed by atoms with van der Waals surface area (Å²) in [5, 5.41) is 12.3. The lowest BCUT2D eigenvalue weighted by atomic mass is 10.0. The second kappa shape index (κ2) is 7.45. The third-order valence-electron chi connectivity index (χ3n) is 3.28. The molecular formula is C17H19NO3. The van der Waals surface area contributed by atoms with Crippen LogP contribution in [-0.2, 0) is 24.3 Å². The molecule has 0 heterocycles. The molecule has 0 fully saturated rings. The van der Waals surface area contributed by atoms with Gasteiger partial charge < -0.3 is 15.2 Å². The van der Waals surface area contributed by atoms with Gasteiger partial charge in [0.05, 0.1) is 13.5 Å². The molecule has 0 saturated carbocycles. The van der Waals surface area contributed by atoms with Crippen molar-refractivity contribution in [2.45, 2.75) is 19.5 Å². The number of hydrogen-bond donors (Lipinski definition) is 2. The number of carboxylic acid groups (broad SMARTS) is 1. The minimum absolute atomic E-state index is 0.0481. The van der Waals surface area contributed by atoms with E-state index in [0.29, 0.717) is 13.1 Å². The van der Waals surface area contributed by atoms with E-state index in [-0.39, 0.29) is 6.42 Å². The van der Waals surface area contributed by atoms with Crippen LogP contribution in [0.15, 0.2) is 48.5 Å². The largest absolute Gasteiger partial charge is 0.496 e. The van der Waals surface area contributed by atoms with Gasteiger partial charge >= 0.3 is 5.97 Å². The maximum absolute atomic E-state index is 10.9. The predicted octanol–water partition coefficient (Wildman–Crippen LogP) is 2.61. The van der Waals surface area contributed by atoms with Crippen LogP contribution in [0, 0.1) is 0 Å². The van der Waals surface area contributed by atoms with Crippen molar-refractivity contribution in [2.24, 2.45) is 0 Å². The number of para-hydroxylation sites is 1. The van der Waals surface area contributed by atoms with Crippen molar-refractivity contribution < 1.29 is 14.6 Å². The van der Waals surface area contributed by atoms with Gasteiger partial charge in [0.15, 0.2) is 0 Å². The SMILES string of the molecule is COc1ccccc1CNCc1ccccc1CC(=O)O. The van der Waals surface area contributed by atoms with Crippen molar-refractivity contribution in [3.05, 3.63) is 65.2 Å². The van der Waals surface area contributed by atoms with Gasteiger partial charge in [0, 0.05) is 18.7 Å². The Morgan fingerprint density at radius 3 is 2.24 bits per heavy atom. The Hall–Kier alpha value is -2.33. The number of aliphatic carboxylic acids is 1. The van der Waals surface area contributed by atoms with Gasteiger partial charge in [-0.1, -0.05) is 42.5 Å². The maximum Gasteiger partial charge on any atom is 0.307 e. The first-order chi connectivity index (χ1) is 10.2. The topological polar surface area (TPSA) is 58.6 Å². The molecule has 4 nitrogen and oxygen atoms in total. The molecule has 0 aromatic heterocycles. The fourth-order valence-corrected chi connectivity index (χ4v) is 2.25. The van der Waals surface area contributed by atoms with E-state index >= 15 is 0 Å². The summed E-state index contributed by atoms with van der Waals surface area (Å²) in [5.74, 6) is 0.0380. The van der Waals surface area contributed by atoms with Crippen LogP contribution in [0.5, 0.6) is 5.75 Å². The van der Waals surface area contributed by atoms with Gasteiger partial charge in [-0.25, -0.2) is 0 Å². The highest BCUT2D eigenvalue weighted by atomic mass is 16.5. The molecule has 0 radical (unpaired) electrons. The Bertz CT molecular complexity index is 610. The third-order valence-corrected chi connectivity index (χ3v) is 3.28. The fraction of sp³-hybridized carbons (Fsp3) is 0.235. The molecule has 4 heteroatoms. The Balaban J connectivity index is 1.99. The van der Waals surface area contributed by atoms with Gasteiger partial charge in [0.1, 0.15) is 5.75 Å². The van der Waals surface area contributed by atoms with Gasteiger partial charge in [-0.3, -0.25) is 4.79 Å². The molecule has 2 aromatic rings. The highest BCUT2D eigenvalue weighted by molar-refractivity contribution is 5.70. The molecule has 2 rings (SSSR count). The molecule has 0 aliphatic carbocycles. The summed E-state index contributed by atoms with van der Waals surface area (Å²) in [6.45, 7) is 1.30. The van der Waals surface area contributed by atoms with E-state index in [1.165, 1.54) is 0 Å². The summed E-state index contributed by atoms with van der Waals surface area (Å²) in [4.78, 5) is 10.9. The quantitative estimate of drug-likeness (QED) is 0.821. The van der Waals surface area contributed by atoms with Crippen molar-refractivity contribution in [2.75, 3.05) is 7.11 Å². The molecule has 0 unspecified atom stereocenters. The molecule has 0 aliphatic heterocycles. The minimum Gasteiger partial charge on any atom is -0.496 e. The molecule has 0 amide bonds. The summed E-state index contributed by atoms with van der Waals surface area (Å²) in [7, 11) is 1.65.